The topological polar surface area (TPSA) is 42.7 Å². The summed E-state index contributed by atoms with van der Waals surface area (Å²) in [4.78, 5) is 4.61. The van der Waals surface area contributed by atoms with Crippen molar-refractivity contribution in [2.45, 2.75) is 52.7 Å². The molecule has 5 heteroatoms. The SMILES string of the molecule is CCCn1cc(C(NC(C)C)c2nc(C)cs2)cn1. The summed E-state index contributed by atoms with van der Waals surface area (Å²) in [7, 11) is 0. The van der Waals surface area contributed by atoms with Gasteiger partial charge in [0, 0.05) is 35.4 Å². The lowest BCUT2D eigenvalue weighted by Gasteiger charge is -2.17. The van der Waals surface area contributed by atoms with Crippen LogP contribution < -0.4 is 5.32 Å². The van der Waals surface area contributed by atoms with Gasteiger partial charge in [0.15, 0.2) is 0 Å². The average Bonchev–Trinajstić information content (AvgIpc) is 2.96. The van der Waals surface area contributed by atoms with Crippen molar-refractivity contribution in [1.29, 1.82) is 0 Å². The van der Waals surface area contributed by atoms with Gasteiger partial charge in [-0.25, -0.2) is 4.98 Å². The molecule has 2 aromatic heterocycles. The van der Waals surface area contributed by atoms with Crippen molar-refractivity contribution in [3.05, 3.63) is 34.0 Å². The number of hydrogen-bond donors (Lipinski definition) is 1. The van der Waals surface area contributed by atoms with Crippen molar-refractivity contribution in [3.8, 4) is 0 Å². The fraction of sp³-hybridized carbons (Fsp3) is 0.571. The fourth-order valence-electron chi connectivity index (χ4n) is 2.03. The summed E-state index contributed by atoms with van der Waals surface area (Å²) in [5.74, 6) is 0. The normalized spacial score (nSPS) is 13.1. The Kier molecular flexibility index (Phi) is 4.71. The molecule has 0 saturated heterocycles. The average molecular weight is 278 g/mol. The van der Waals surface area contributed by atoms with Crippen LogP contribution in [-0.4, -0.2) is 20.8 Å². The number of aromatic nitrogens is 3. The first-order chi connectivity index (χ1) is 9.10. The Bertz CT molecular complexity index is 515. The van der Waals surface area contributed by atoms with Crippen molar-refractivity contribution in [3.63, 3.8) is 0 Å². The van der Waals surface area contributed by atoms with Crippen LogP contribution >= 0.6 is 11.3 Å². The van der Waals surface area contributed by atoms with Gasteiger partial charge in [0.1, 0.15) is 5.01 Å². The van der Waals surface area contributed by atoms with E-state index in [-0.39, 0.29) is 6.04 Å². The molecule has 2 rings (SSSR count). The predicted molar refractivity (Wildman–Crippen MR) is 79.5 cm³/mol. The maximum atomic E-state index is 4.61. The third-order valence-corrected chi connectivity index (χ3v) is 3.85. The van der Waals surface area contributed by atoms with Crippen LogP contribution in [0.2, 0.25) is 0 Å². The van der Waals surface area contributed by atoms with Gasteiger partial charge in [-0.15, -0.1) is 11.3 Å². The standard InChI is InChI=1S/C14H22N4S/c1-5-6-18-8-12(7-15-18)13(16-10(2)3)14-17-11(4)9-19-14/h7-10,13,16H,5-6H2,1-4H3. The van der Waals surface area contributed by atoms with Crippen LogP contribution in [0.4, 0.5) is 0 Å². The number of aryl methyl sites for hydroxylation is 2. The molecule has 1 unspecified atom stereocenters. The van der Waals surface area contributed by atoms with Crippen molar-refractivity contribution in [2.75, 3.05) is 0 Å². The number of hydrogen-bond acceptors (Lipinski definition) is 4. The summed E-state index contributed by atoms with van der Waals surface area (Å²) < 4.78 is 2.00. The maximum Gasteiger partial charge on any atom is 0.115 e. The van der Waals surface area contributed by atoms with Gasteiger partial charge in [0.05, 0.1) is 12.2 Å². The minimum atomic E-state index is 0.143. The molecular weight excluding hydrogens is 256 g/mol. The van der Waals surface area contributed by atoms with E-state index < -0.39 is 0 Å². The first-order valence-corrected chi connectivity index (χ1v) is 7.68. The van der Waals surface area contributed by atoms with Crippen LogP contribution in [0, 0.1) is 6.92 Å². The molecule has 4 nitrogen and oxygen atoms in total. The molecule has 1 N–H and O–H groups in total. The Morgan fingerprint density at radius 1 is 1.42 bits per heavy atom. The summed E-state index contributed by atoms with van der Waals surface area (Å²) in [6.07, 6.45) is 5.17. The van der Waals surface area contributed by atoms with Gasteiger partial charge in [0.25, 0.3) is 0 Å². The predicted octanol–water partition coefficient (Wildman–Crippen LogP) is 3.15. The van der Waals surface area contributed by atoms with E-state index in [1.807, 2.05) is 17.8 Å². The summed E-state index contributed by atoms with van der Waals surface area (Å²) in [5, 5.41) is 11.2. The molecule has 0 radical (unpaired) electrons. The van der Waals surface area contributed by atoms with Gasteiger partial charge in [0.2, 0.25) is 0 Å². The van der Waals surface area contributed by atoms with E-state index in [0.717, 1.165) is 23.7 Å². The second-order valence-corrected chi connectivity index (χ2v) is 6.01. The smallest absolute Gasteiger partial charge is 0.115 e. The molecule has 0 bridgehead atoms. The van der Waals surface area contributed by atoms with Gasteiger partial charge in [-0.1, -0.05) is 6.92 Å². The first kappa shape index (κ1) is 14.2. The molecule has 0 saturated carbocycles. The van der Waals surface area contributed by atoms with Crippen LogP contribution in [0.5, 0.6) is 0 Å². The van der Waals surface area contributed by atoms with Crippen LogP contribution in [0.3, 0.4) is 0 Å². The van der Waals surface area contributed by atoms with Crippen molar-refractivity contribution in [1.82, 2.24) is 20.1 Å². The molecule has 104 valence electrons. The molecule has 0 aliphatic carbocycles. The number of nitrogens with zero attached hydrogens (tertiary/aromatic N) is 3. The number of rotatable bonds is 6. The highest BCUT2D eigenvalue weighted by atomic mass is 32.1. The molecule has 0 spiro atoms. The van der Waals surface area contributed by atoms with E-state index in [1.165, 1.54) is 5.56 Å². The molecule has 2 heterocycles. The summed E-state index contributed by atoms with van der Waals surface area (Å²) in [6, 6.07) is 0.549. The Hall–Kier alpha value is -1.20. The molecule has 19 heavy (non-hydrogen) atoms. The number of nitrogens with one attached hydrogen (secondary N) is 1. The molecular formula is C14H22N4S. The minimum absolute atomic E-state index is 0.143. The minimum Gasteiger partial charge on any atom is -0.302 e. The Morgan fingerprint density at radius 2 is 2.21 bits per heavy atom. The molecule has 0 amide bonds. The van der Waals surface area contributed by atoms with Gasteiger partial charge in [-0.3, -0.25) is 4.68 Å². The highest BCUT2D eigenvalue weighted by molar-refractivity contribution is 7.09. The first-order valence-electron chi connectivity index (χ1n) is 6.80. The number of thiazole rings is 1. The highest BCUT2D eigenvalue weighted by Crippen LogP contribution is 2.25. The Balaban J connectivity index is 2.25. The van der Waals surface area contributed by atoms with Crippen LogP contribution in [0.25, 0.3) is 0 Å². The molecule has 0 aromatic carbocycles. The summed E-state index contributed by atoms with van der Waals surface area (Å²) in [6.45, 7) is 9.47. The van der Waals surface area contributed by atoms with E-state index in [9.17, 15) is 0 Å². The van der Waals surface area contributed by atoms with Crippen molar-refractivity contribution < 1.29 is 0 Å². The van der Waals surface area contributed by atoms with E-state index in [0.29, 0.717) is 6.04 Å². The second kappa shape index (κ2) is 6.30. The lowest BCUT2D eigenvalue weighted by molar-refractivity contribution is 0.525. The van der Waals surface area contributed by atoms with Gasteiger partial charge >= 0.3 is 0 Å². The Labute approximate surface area is 118 Å². The zero-order valence-electron chi connectivity index (χ0n) is 12.1. The van der Waals surface area contributed by atoms with E-state index in [1.54, 1.807) is 11.3 Å². The molecule has 0 fully saturated rings. The summed E-state index contributed by atoms with van der Waals surface area (Å²) in [5.41, 5.74) is 2.27. The monoisotopic (exact) mass is 278 g/mol. The third kappa shape index (κ3) is 3.64. The lowest BCUT2D eigenvalue weighted by Crippen LogP contribution is -2.28. The quantitative estimate of drug-likeness (QED) is 0.882. The fourth-order valence-corrected chi connectivity index (χ4v) is 2.91. The van der Waals surface area contributed by atoms with Crippen molar-refractivity contribution in [2.24, 2.45) is 0 Å². The van der Waals surface area contributed by atoms with E-state index in [4.69, 9.17) is 0 Å². The lowest BCUT2D eigenvalue weighted by atomic mass is 10.1. The third-order valence-electron chi connectivity index (χ3n) is 2.82. The van der Waals surface area contributed by atoms with Crippen molar-refractivity contribution >= 4 is 11.3 Å². The zero-order valence-corrected chi connectivity index (χ0v) is 12.9. The molecule has 2 aromatic rings. The van der Waals surface area contributed by atoms with Crippen LogP contribution in [0.15, 0.2) is 17.8 Å². The largest absolute Gasteiger partial charge is 0.302 e. The van der Waals surface area contributed by atoms with E-state index in [2.05, 4.69) is 47.7 Å². The van der Waals surface area contributed by atoms with Crippen LogP contribution in [-0.2, 0) is 6.54 Å². The molecule has 0 aliphatic rings. The second-order valence-electron chi connectivity index (χ2n) is 5.12. The van der Waals surface area contributed by atoms with Gasteiger partial charge in [-0.05, 0) is 27.2 Å². The highest BCUT2D eigenvalue weighted by Gasteiger charge is 2.19. The summed E-state index contributed by atoms with van der Waals surface area (Å²) >= 11 is 1.71. The molecule has 0 aliphatic heterocycles. The van der Waals surface area contributed by atoms with Crippen LogP contribution in [0.1, 0.15) is 49.5 Å². The maximum absolute atomic E-state index is 4.61. The van der Waals surface area contributed by atoms with E-state index >= 15 is 0 Å². The molecule has 1 atom stereocenters. The van der Waals surface area contributed by atoms with Gasteiger partial charge in [-0.2, -0.15) is 5.10 Å². The Morgan fingerprint density at radius 3 is 2.79 bits per heavy atom. The van der Waals surface area contributed by atoms with Gasteiger partial charge < -0.3 is 5.32 Å². The zero-order chi connectivity index (χ0) is 13.8.